The molecule has 0 aromatic carbocycles. The molecule has 0 saturated heterocycles. The Morgan fingerprint density at radius 1 is 1.46 bits per heavy atom. The van der Waals surface area contributed by atoms with Gasteiger partial charge in [-0.05, 0) is 12.3 Å². The largest absolute Gasteiger partial charge is 0.481 e. The van der Waals surface area contributed by atoms with E-state index in [2.05, 4.69) is 0 Å². The van der Waals surface area contributed by atoms with E-state index in [0.717, 1.165) is 0 Å². The molecule has 13 heavy (non-hydrogen) atoms. The number of rotatable bonds is 3. The minimum atomic E-state index is -0.941. The van der Waals surface area contributed by atoms with Crippen molar-refractivity contribution in [1.29, 1.82) is 0 Å². The van der Waals surface area contributed by atoms with Crippen LogP contribution in [-0.2, 0) is 4.79 Å². The maximum atomic E-state index is 10.4. The van der Waals surface area contributed by atoms with Crippen LogP contribution < -0.4 is 0 Å². The summed E-state index contributed by atoms with van der Waals surface area (Å²) in [6.07, 6.45) is -0.391. The summed E-state index contributed by atoms with van der Waals surface area (Å²) in [5, 5.41) is 26.6. The molecule has 1 fully saturated rings. The summed E-state index contributed by atoms with van der Waals surface area (Å²) in [4.78, 5) is 10.4. The molecule has 0 aliphatic heterocycles. The number of hydrogen-bond donors (Lipinski definition) is 3. The number of aliphatic carboxylic acids is 1. The van der Waals surface area contributed by atoms with Gasteiger partial charge in [-0.25, -0.2) is 0 Å². The summed E-state index contributed by atoms with van der Waals surface area (Å²) in [5.41, 5.74) is 0. The molecule has 76 valence electrons. The fourth-order valence-corrected chi connectivity index (χ4v) is 2.33. The quantitative estimate of drug-likeness (QED) is 0.573. The number of halogens is 1. The van der Waals surface area contributed by atoms with Gasteiger partial charge in [0, 0.05) is 17.9 Å². The molecule has 0 aromatic rings. The number of aliphatic hydroxyl groups is 2. The van der Waals surface area contributed by atoms with Crippen molar-refractivity contribution in [1.82, 2.24) is 0 Å². The summed E-state index contributed by atoms with van der Waals surface area (Å²) in [7, 11) is 0. The molecule has 0 bridgehead atoms. The zero-order chi connectivity index (χ0) is 10.0. The molecular formula is C8H13ClO4. The average molecular weight is 209 g/mol. The molecule has 3 N–H and O–H groups in total. The van der Waals surface area contributed by atoms with E-state index in [9.17, 15) is 9.90 Å². The summed E-state index contributed by atoms with van der Waals surface area (Å²) in [6, 6.07) is 0. The van der Waals surface area contributed by atoms with Crippen LogP contribution in [0.4, 0.5) is 0 Å². The predicted molar refractivity (Wildman–Crippen MR) is 46.6 cm³/mol. The van der Waals surface area contributed by atoms with Gasteiger partial charge in [0.25, 0.3) is 0 Å². The lowest BCUT2D eigenvalue weighted by Crippen LogP contribution is -2.26. The Labute approximate surface area is 81.1 Å². The zero-order valence-electron chi connectivity index (χ0n) is 7.06. The first-order valence-electron chi connectivity index (χ1n) is 4.21. The van der Waals surface area contributed by atoms with E-state index in [1.165, 1.54) is 0 Å². The van der Waals surface area contributed by atoms with Gasteiger partial charge in [-0.2, -0.15) is 0 Å². The molecule has 0 radical (unpaired) electrons. The van der Waals surface area contributed by atoms with Crippen LogP contribution in [0.5, 0.6) is 0 Å². The topological polar surface area (TPSA) is 77.8 Å². The third kappa shape index (κ3) is 2.33. The number of carboxylic acids is 1. The molecular weight excluding hydrogens is 196 g/mol. The fraction of sp³-hybridized carbons (Fsp3) is 0.875. The van der Waals surface area contributed by atoms with Gasteiger partial charge in [-0.15, -0.1) is 11.6 Å². The van der Waals surface area contributed by atoms with E-state index in [4.69, 9.17) is 21.8 Å². The Morgan fingerprint density at radius 2 is 2.08 bits per heavy atom. The zero-order valence-corrected chi connectivity index (χ0v) is 7.81. The van der Waals surface area contributed by atoms with E-state index in [1.807, 2.05) is 0 Å². The third-order valence-corrected chi connectivity index (χ3v) is 3.10. The number of carboxylic acid groups (broad SMARTS) is 1. The van der Waals surface area contributed by atoms with Crippen LogP contribution in [0.25, 0.3) is 0 Å². The summed E-state index contributed by atoms with van der Waals surface area (Å²) >= 11 is 5.86. The van der Waals surface area contributed by atoms with Gasteiger partial charge in [0.15, 0.2) is 0 Å². The highest BCUT2D eigenvalue weighted by atomic mass is 35.5. The molecule has 1 saturated carbocycles. The van der Waals surface area contributed by atoms with Gasteiger partial charge in [-0.3, -0.25) is 4.79 Å². The van der Waals surface area contributed by atoms with Crippen LogP contribution in [0.15, 0.2) is 0 Å². The molecule has 0 spiro atoms. The minimum Gasteiger partial charge on any atom is -0.481 e. The van der Waals surface area contributed by atoms with E-state index >= 15 is 0 Å². The Balaban J connectivity index is 2.63. The summed E-state index contributed by atoms with van der Waals surface area (Å²) in [6.45, 7) is -0.206. The Kier molecular flexibility index (Phi) is 3.53. The lowest BCUT2D eigenvalue weighted by atomic mass is 9.92. The van der Waals surface area contributed by atoms with Gasteiger partial charge in [0.05, 0.1) is 12.5 Å². The van der Waals surface area contributed by atoms with E-state index in [0.29, 0.717) is 6.42 Å². The van der Waals surface area contributed by atoms with Crippen LogP contribution >= 0.6 is 11.6 Å². The van der Waals surface area contributed by atoms with Crippen molar-refractivity contribution in [3.05, 3.63) is 0 Å². The smallest absolute Gasteiger partial charge is 0.303 e. The first-order chi connectivity index (χ1) is 6.06. The standard InChI is InChI=1S/C8H13ClO4/c9-6-2-7(11)5(3-10)4(6)1-8(12)13/h4-7,10-11H,1-3H2,(H,12,13)/t4-,5-,6-,7-/m1/s1. The number of aliphatic hydroxyl groups excluding tert-OH is 2. The van der Waals surface area contributed by atoms with Gasteiger partial charge in [0.1, 0.15) is 0 Å². The number of carbonyl (C=O) groups is 1. The second kappa shape index (κ2) is 4.26. The summed E-state index contributed by atoms with van der Waals surface area (Å²) in [5.74, 6) is -1.65. The van der Waals surface area contributed by atoms with Gasteiger partial charge in [0.2, 0.25) is 0 Å². The molecule has 0 aromatic heterocycles. The SMILES string of the molecule is O=C(O)C[C@@H]1[C@@H](CO)[C@H](O)C[C@H]1Cl. The minimum absolute atomic E-state index is 0.0869. The molecule has 4 nitrogen and oxygen atoms in total. The Bertz CT molecular complexity index is 197. The fourth-order valence-electron chi connectivity index (χ4n) is 1.87. The van der Waals surface area contributed by atoms with Crippen molar-refractivity contribution < 1.29 is 20.1 Å². The predicted octanol–water partition coefficient (Wildman–Crippen LogP) is 0.0578. The van der Waals surface area contributed by atoms with E-state index in [1.54, 1.807) is 0 Å². The lowest BCUT2D eigenvalue weighted by molar-refractivity contribution is -0.138. The second-order valence-electron chi connectivity index (χ2n) is 3.43. The first-order valence-corrected chi connectivity index (χ1v) is 4.64. The van der Waals surface area contributed by atoms with Gasteiger partial charge >= 0.3 is 5.97 Å². The second-order valence-corrected chi connectivity index (χ2v) is 3.99. The molecule has 1 aliphatic rings. The van der Waals surface area contributed by atoms with Crippen molar-refractivity contribution in [3.8, 4) is 0 Å². The van der Waals surface area contributed by atoms with Crippen LogP contribution in [0, 0.1) is 11.8 Å². The number of alkyl halides is 1. The highest BCUT2D eigenvalue weighted by Gasteiger charge is 2.42. The molecule has 1 rings (SSSR count). The van der Waals surface area contributed by atoms with Crippen LogP contribution in [0.3, 0.4) is 0 Å². The van der Waals surface area contributed by atoms with E-state index < -0.39 is 18.0 Å². The maximum absolute atomic E-state index is 10.4. The molecule has 1 aliphatic carbocycles. The van der Waals surface area contributed by atoms with Gasteiger partial charge < -0.3 is 15.3 Å². The third-order valence-electron chi connectivity index (χ3n) is 2.60. The van der Waals surface area contributed by atoms with Crippen LogP contribution in [0.2, 0.25) is 0 Å². The van der Waals surface area contributed by atoms with Crippen LogP contribution in [0.1, 0.15) is 12.8 Å². The highest BCUT2D eigenvalue weighted by Crippen LogP contribution is 2.37. The molecule has 0 amide bonds. The van der Waals surface area contributed by atoms with Crippen molar-refractivity contribution in [2.24, 2.45) is 11.8 Å². The normalized spacial score (nSPS) is 39.3. The van der Waals surface area contributed by atoms with E-state index in [-0.39, 0.29) is 24.3 Å². The lowest BCUT2D eigenvalue weighted by Gasteiger charge is -2.18. The first kappa shape index (κ1) is 10.8. The molecule has 4 atom stereocenters. The van der Waals surface area contributed by atoms with Crippen LogP contribution in [-0.4, -0.2) is 39.4 Å². The van der Waals surface area contributed by atoms with Crippen molar-refractivity contribution in [2.45, 2.75) is 24.3 Å². The average Bonchev–Trinajstić information content (AvgIpc) is 2.26. The monoisotopic (exact) mass is 208 g/mol. The summed E-state index contributed by atoms with van der Waals surface area (Å²) < 4.78 is 0. The molecule has 5 heteroatoms. The van der Waals surface area contributed by atoms with Crippen molar-refractivity contribution in [2.75, 3.05) is 6.61 Å². The Hall–Kier alpha value is -0.320. The molecule has 0 heterocycles. The highest BCUT2D eigenvalue weighted by molar-refractivity contribution is 6.21. The molecule has 0 unspecified atom stereocenters. The van der Waals surface area contributed by atoms with Crippen molar-refractivity contribution >= 4 is 17.6 Å². The van der Waals surface area contributed by atoms with Crippen molar-refractivity contribution in [3.63, 3.8) is 0 Å². The maximum Gasteiger partial charge on any atom is 0.303 e. The van der Waals surface area contributed by atoms with Gasteiger partial charge in [-0.1, -0.05) is 0 Å². The Morgan fingerprint density at radius 3 is 2.54 bits per heavy atom. The number of hydrogen-bond acceptors (Lipinski definition) is 3.